The van der Waals surface area contributed by atoms with Crippen molar-refractivity contribution in [2.24, 2.45) is 0 Å². The molecule has 0 aliphatic carbocycles. The highest BCUT2D eigenvalue weighted by Crippen LogP contribution is 2.40. The lowest BCUT2D eigenvalue weighted by Crippen LogP contribution is -2.41. The fourth-order valence-electron chi connectivity index (χ4n) is 4.83. The molecule has 1 atom stereocenters. The number of carbonyl (C=O) groups is 1. The second-order valence-corrected chi connectivity index (χ2v) is 12.1. The molecule has 1 fully saturated rings. The summed E-state index contributed by atoms with van der Waals surface area (Å²) in [6, 6.07) is 18.5. The second-order valence-electron chi connectivity index (χ2n) is 12.1. The van der Waals surface area contributed by atoms with Crippen LogP contribution in [-0.2, 0) is 20.5 Å². The summed E-state index contributed by atoms with van der Waals surface area (Å²) in [5.41, 5.74) is 5.08. The third-order valence-electron chi connectivity index (χ3n) is 8.00. The Kier molecular flexibility index (Phi) is 11.2. The lowest BCUT2D eigenvalue weighted by molar-refractivity contribution is 0.00578. The zero-order chi connectivity index (χ0) is 28.5. The van der Waals surface area contributed by atoms with Crippen molar-refractivity contribution >= 4 is 13.1 Å². The molecule has 1 aliphatic rings. The van der Waals surface area contributed by atoms with Crippen molar-refractivity contribution in [2.45, 2.75) is 104 Å². The van der Waals surface area contributed by atoms with Crippen LogP contribution in [0.15, 0.2) is 77.9 Å². The molecule has 0 bridgehead atoms. The first-order valence-electron chi connectivity index (χ1n) is 14.4. The summed E-state index contributed by atoms with van der Waals surface area (Å²) in [6.07, 6.45) is 10.1. The van der Waals surface area contributed by atoms with Crippen LogP contribution < -0.4 is 0 Å². The van der Waals surface area contributed by atoms with Gasteiger partial charge in [-0.2, -0.15) is 0 Å². The monoisotopic (exact) mass is 530 g/mol. The molecule has 5 heteroatoms. The van der Waals surface area contributed by atoms with Gasteiger partial charge in [-0.15, -0.1) is 0 Å². The Morgan fingerprint density at radius 3 is 2.18 bits per heavy atom. The molecule has 4 nitrogen and oxygen atoms in total. The maximum absolute atomic E-state index is 12.5. The third kappa shape index (κ3) is 9.51. The van der Waals surface area contributed by atoms with Crippen LogP contribution >= 0.6 is 0 Å². The summed E-state index contributed by atoms with van der Waals surface area (Å²) in [5.74, 6) is 0.0788. The highest BCUT2D eigenvalue weighted by atomic mass is 16.7. The SMILES string of the molecule is CC(C)=CCC/C(C)=C/COC(=O)c1ccc(CCC[C@@H](CB2OC(C)(C)C(C)(C)O2)c2ccccc2)cc1. The molecule has 0 radical (unpaired) electrons. The van der Waals surface area contributed by atoms with Crippen LogP contribution in [0.3, 0.4) is 0 Å². The van der Waals surface area contributed by atoms with E-state index in [1.165, 1.54) is 22.3 Å². The third-order valence-corrected chi connectivity index (χ3v) is 8.00. The summed E-state index contributed by atoms with van der Waals surface area (Å²) in [5, 5.41) is 0. The van der Waals surface area contributed by atoms with Crippen molar-refractivity contribution < 1.29 is 18.8 Å². The molecule has 0 saturated carbocycles. The molecule has 210 valence electrons. The highest BCUT2D eigenvalue weighted by molar-refractivity contribution is 6.45. The number of hydrogen-bond donors (Lipinski definition) is 0. The van der Waals surface area contributed by atoms with Gasteiger partial charge in [0, 0.05) is 0 Å². The second kappa shape index (κ2) is 14.1. The predicted octanol–water partition coefficient (Wildman–Crippen LogP) is 8.73. The van der Waals surface area contributed by atoms with E-state index in [1.54, 1.807) is 0 Å². The largest absolute Gasteiger partial charge is 0.458 e. The Hall–Kier alpha value is -2.63. The first kappa shape index (κ1) is 30.9. The first-order valence-corrected chi connectivity index (χ1v) is 14.4. The molecular weight excluding hydrogens is 483 g/mol. The molecule has 1 heterocycles. The van der Waals surface area contributed by atoms with E-state index in [4.69, 9.17) is 14.0 Å². The Morgan fingerprint density at radius 1 is 0.923 bits per heavy atom. The molecule has 2 aromatic carbocycles. The standard InChI is InChI=1S/C34H47BO4/c1-26(2)13-11-14-27(3)23-24-37-32(36)30-21-19-28(20-22-30)15-12-18-31(29-16-9-8-10-17-29)25-35-38-33(4,5)34(6,7)39-35/h8-10,13,16-17,19-23,31H,11-12,14-15,18,24-25H2,1-7H3/b27-23+/t31-/m0/s1. The van der Waals surface area contributed by atoms with Gasteiger partial charge >= 0.3 is 13.1 Å². The highest BCUT2D eigenvalue weighted by Gasteiger charge is 2.51. The zero-order valence-corrected chi connectivity index (χ0v) is 25.1. The van der Waals surface area contributed by atoms with Crippen LogP contribution in [0.25, 0.3) is 0 Å². The number of esters is 1. The summed E-state index contributed by atoms with van der Waals surface area (Å²) >= 11 is 0. The molecular formula is C34H47BO4. The van der Waals surface area contributed by atoms with Gasteiger partial charge in [-0.25, -0.2) is 4.79 Å². The Morgan fingerprint density at radius 2 is 1.56 bits per heavy atom. The van der Waals surface area contributed by atoms with E-state index in [0.29, 0.717) is 18.1 Å². The Balaban J connectivity index is 1.49. The van der Waals surface area contributed by atoms with Gasteiger partial charge in [-0.3, -0.25) is 0 Å². The molecule has 0 aromatic heterocycles. The van der Waals surface area contributed by atoms with Crippen LogP contribution in [-0.4, -0.2) is 30.9 Å². The van der Waals surface area contributed by atoms with Crippen LogP contribution in [0.2, 0.25) is 6.32 Å². The lowest BCUT2D eigenvalue weighted by atomic mass is 9.73. The topological polar surface area (TPSA) is 44.8 Å². The lowest BCUT2D eigenvalue weighted by Gasteiger charge is -2.32. The summed E-state index contributed by atoms with van der Waals surface area (Å²) in [4.78, 5) is 12.5. The van der Waals surface area contributed by atoms with Crippen molar-refractivity contribution in [3.63, 3.8) is 0 Å². The number of rotatable bonds is 13. The minimum atomic E-state index is -0.317. The van der Waals surface area contributed by atoms with Crippen LogP contribution in [0.5, 0.6) is 0 Å². The summed E-state index contributed by atoms with van der Waals surface area (Å²) in [6.45, 7) is 15.0. The van der Waals surface area contributed by atoms with Crippen LogP contribution in [0, 0.1) is 0 Å². The molecule has 1 aliphatic heterocycles. The van der Waals surface area contributed by atoms with E-state index < -0.39 is 0 Å². The number of benzene rings is 2. The average molecular weight is 531 g/mol. The van der Waals surface area contributed by atoms with Gasteiger partial charge < -0.3 is 14.0 Å². The Bertz CT molecular complexity index is 1100. The minimum absolute atomic E-state index is 0.207. The molecule has 0 amide bonds. The predicted molar refractivity (Wildman–Crippen MR) is 162 cm³/mol. The van der Waals surface area contributed by atoms with Crippen LogP contribution in [0.4, 0.5) is 0 Å². The number of hydrogen-bond acceptors (Lipinski definition) is 4. The van der Waals surface area contributed by atoms with Crippen molar-refractivity contribution in [1.29, 1.82) is 0 Å². The van der Waals surface area contributed by atoms with Gasteiger partial charge in [0.1, 0.15) is 6.61 Å². The average Bonchev–Trinajstić information content (AvgIpc) is 3.09. The zero-order valence-electron chi connectivity index (χ0n) is 25.1. The molecule has 39 heavy (non-hydrogen) atoms. The number of carbonyl (C=O) groups excluding carboxylic acids is 1. The number of allylic oxidation sites excluding steroid dienone is 3. The summed E-state index contributed by atoms with van der Waals surface area (Å²) < 4.78 is 18.1. The Labute approximate surface area is 237 Å². The minimum Gasteiger partial charge on any atom is -0.458 e. The first-order chi connectivity index (χ1) is 18.5. The quantitative estimate of drug-likeness (QED) is 0.148. The molecule has 0 N–H and O–H groups in total. The van der Waals surface area contributed by atoms with Gasteiger partial charge in [-0.05, 0) is 122 Å². The van der Waals surface area contributed by atoms with Crippen LogP contribution in [0.1, 0.15) is 102 Å². The number of aryl methyl sites for hydroxylation is 1. The van der Waals surface area contributed by atoms with E-state index in [2.05, 4.69) is 84.9 Å². The maximum Gasteiger partial charge on any atom is 0.458 e. The fraction of sp³-hybridized carbons (Fsp3) is 0.500. The van der Waals surface area contributed by atoms with Crippen molar-refractivity contribution in [1.82, 2.24) is 0 Å². The molecule has 0 spiro atoms. The van der Waals surface area contributed by atoms with E-state index in [0.717, 1.165) is 38.4 Å². The number of ether oxygens (including phenoxy) is 1. The normalized spacial score (nSPS) is 17.1. The molecule has 3 rings (SSSR count). The fourth-order valence-corrected chi connectivity index (χ4v) is 4.83. The molecule has 0 unspecified atom stereocenters. The molecule has 1 saturated heterocycles. The van der Waals surface area contributed by atoms with E-state index in [1.807, 2.05) is 30.3 Å². The maximum atomic E-state index is 12.5. The van der Waals surface area contributed by atoms with Gasteiger partial charge in [-0.1, -0.05) is 59.7 Å². The van der Waals surface area contributed by atoms with Gasteiger partial charge in [0.15, 0.2) is 0 Å². The van der Waals surface area contributed by atoms with E-state index in [-0.39, 0.29) is 24.3 Å². The molecule has 2 aromatic rings. The smallest absolute Gasteiger partial charge is 0.458 e. The van der Waals surface area contributed by atoms with E-state index >= 15 is 0 Å². The van der Waals surface area contributed by atoms with Gasteiger partial charge in [0.05, 0.1) is 16.8 Å². The van der Waals surface area contributed by atoms with Gasteiger partial charge in [0.25, 0.3) is 0 Å². The van der Waals surface area contributed by atoms with Crippen molar-refractivity contribution in [2.75, 3.05) is 6.61 Å². The summed E-state index contributed by atoms with van der Waals surface area (Å²) in [7, 11) is -0.207. The van der Waals surface area contributed by atoms with Crippen molar-refractivity contribution in [3.8, 4) is 0 Å². The van der Waals surface area contributed by atoms with Gasteiger partial charge in [0.2, 0.25) is 0 Å². The van der Waals surface area contributed by atoms with E-state index in [9.17, 15) is 4.79 Å². The van der Waals surface area contributed by atoms with Crippen molar-refractivity contribution in [3.05, 3.63) is 94.6 Å².